The lowest BCUT2D eigenvalue weighted by molar-refractivity contribution is -0.274. The molecule has 5 aromatic rings. The molecule has 0 radical (unpaired) electrons. The average molecular weight is 694 g/mol. The molecule has 0 aliphatic carbocycles. The normalized spacial score (nSPS) is 12.6. The zero-order chi connectivity index (χ0) is 35.2. The molecule has 8 nitrogen and oxygen atoms in total. The summed E-state index contributed by atoms with van der Waals surface area (Å²) >= 11 is 0. The van der Waals surface area contributed by atoms with E-state index in [1.807, 2.05) is 13.8 Å². The van der Waals surface area contributed by atoms with Gasteiger partial charge in [0.1, 0.15) is 17.3 Å². The van der Waals surface area contributed by atoms with Crippen molar-refractivity contribution in [3.8, 4) is 45.1 Å². The Kier molecular flexibility index (Phi) is 9.23. The number of rotatable bonds is 9. The molecule has 1 N–H and O–H groups in total. The number of ether oxygens (including phenoxy) is 1. The van der Waals surface area contributed by atoms with Gasteiger partial charge < -0.3 is 18.8 Å². The van der Waals surface area contributed by atoms with Gasteiger partial charge in [-0.15, -0.1) is 13.2 Å². The number of aliphatic hydroxyl groups excluding tert-OH is 1. The van der Waals surface area contributed by atoms with Gasteiger partial charge in [-0.25, -0.2) is 18.4 Å². The molecule has 5 rings (SSSR count). The van der Waals surface area contributed by atoms with E-state index in [2.05, 4.69) is 9.72 Å². The van der Waals surface area contributed by atoms with Crippen LogP contribution in [-0.2, 0) is 29.0 Å². The summed E-state index contributed by atoms with van der Waals surface area (Å²) in [5.41, 5.74) is 0.878. The Morgan fingerprint density at radius 2 is 1.54 bits per heavy atom. The standard InChI is InChI=1S/C33H29F6N3O5S/c1-18(2)13-29-41-30(31(46-29)20-7-10-24(11-8-20)47-33(37,38)39)25-14-21(22-5-6-23(17-43)27(15-22)48(4,44)45)9-12-26(25)42-16-28(32(34,35)36)40-19(42)3/h5-12,14-16,18,43H,13,17H2,1-4H3. The van der Waals surface area contributed by atoms with Crippen molar-refractivity contribution < 1.29 is 49.0 Å². The molecule has 0 bridgehead atoms. The van der Waals surface area contributed by atoms with Crippen molar-refractivity contribution in [3.05, 3.63) is 89.8 Å². The van der Waals surface area contributed by atoms with Crippen LogP contribution in [0.1, 0.15) is 36.8 Å². The summed E-state index contributed by atoms with van der Waals surface area (Å²) < 4.78 is 116. The van der Waals surface area contributed by atoms with Crippen molar-refractivity contribution in [3.63, 3.8) is 0 Å². The first-order valence-corrected chi connectivity index (χ1v) is 16.3. The van der Waals surface area contributed by atoms with Crippen LogP contribution in [-0.4, -0.2) is 40.7 Å². The molecule has 0 fully saturated rings. The molecule has 48 heavy (non-hydrogen) atoms. The van der Waals surface area contributed by atoms with E-state index in [4.69, 9.17) is 9.40 Å². The third kappa shape index (κ3) is 7.57. The number of aromatic nitrogens is 3. The first kappa shape index (κ1) is 34.7. The Hall–Kier alpha value is -4.63. The number of nitrogens with zero attached hydrogens (tertiary/aromatic N) is 3. The second kappa shape index (κ2) is 12.8. The molecule has 0 unspecified atom stereocenters. The van der Waals surface area contributed by atoms with E-state index in [-0.39, 0.29) is 50.8 Å². The van der Waals surface area contributed by atoms with Crippen molar-refractivity contribution in [2.24, 2.45) is 5.92 Å². The van der Waals surface area contributed by atoms with Crippen LogP contribution in [0.25, 0.3) is 39.4 Å². The summed E-state index contributed by atoms with van der Waals surface area (Å²) in [5, 5.41) is 9.72. The molecule has 15 heteroatoms. The lowest BCUT2D eigenvalue weighted by Crippen LogP contribution is -2.16. The molecule has 0 aliphatic rings. The highest BCUT2D eigenvalue weighted by atomic mass is 32.2. The van der Waals surface area contributed by atoms with Gasteiger partial charge in [0.05, 0.1) is 17.2 Å². The Morgan fingerprint density at radius 3 is 2.10 bits per heavy atom. The summed E-state index contributed by atoms with van der Waals surface area (Å²) in [4.78, 5) is 8.30. The molecule has 3 aromatic carbocycles. The maximum Gasteiger partial charge on any atom is 0.573 e. The number of benzene rings is 3. The van der Waals surface area contributed by atoms with Crippen molar-refractivity contribution >= 4 is 9.84 Å². The number of sulfone groups is 1. The first-order valence-electron chi connectivity index (χ1n) is 14.4. The molecule has 0 atom stereocenters. The Bertz CT molecular complexity index is 2060. The Morgan fingerprint density at radius 1 is 0.917 bits per heavy atom. The number of hydrogen-bond acceptors (Lipinski definition) is 7. The second-order valence-electron chi connectivity index (χ2n) is 11.5. The van der Waals surface area contributed by atoms with E-state index in [0.717, 1.165) is 24.6 Å². The van der Waals surface area contributed by atoms with Crippen LogP contribution in [0.2, 0.25) is 0 Å². The number of aliphatic hydroxyl groups is 1. The molecule has 2 aromatic heterocycles. The fourth-order valence-corrected chi connectivity index (χ4v) is 6.12. The van der Waals surface area contributed by atoms with E-state index in [0.29, 0.717) is 23.1 Å². The number of hydrogen-bond donors (Lipinski definition) is 1. The quantitative estimate of drug-likeness (QED) is 0.155. The topological polar surface area (TPSA) is 107 Å². The SMILES string of the molecule is Cc1nc(C(F)(F)F)cn1-c1ccc(-c2ccc(CO)c(S(C)(=O)=O)c2)cc1-c1nc(CC(C)C)oc1-c1ccc(OC(F)(F)F)cc1. The van der Waals surface area contributed by atoms with E-state index >= 15 is 0 Å². The molecule has 2 heterocycles. The molecule has 0 aliphatic heterocycles. The van der Waals surface area contributed by atoms with Gasteiger partial charge in [0.2, 0.25) is 0 Å². The number of aryl methyl sites for hydroxylation is 1. The summed E-state index contributed by atoms with van der Waals surface area (Å²) in [7, 11) is -3.76. The highest BCUT2D eigenvalue weighted by molar-refractivity contribution is 7.90. The van der Waals surface area contributed by atoms with E-state index in [9.17, 15) is 39.9 Å². The van der Waals surface area contributed by atoms with Crippen LogP contribution in [0.15, 0.2) is 76.2 Å². The van der Waals surface area contributed by atoms with Gasteiger partial charge in [-0.1, -0.05) is 32.0 Å². The van der Waals surface area contributed by atoms with Crippen molar-refractivity contribution in [1.29, 1.82) is 0 Å². The molecule has 254 valence electrons. The highest BCUT2D eigenvalue weighted by Gasteiger charge is 2.35. The summed E-state index contributed by atoms with van der Waals surface area (Å²) in [6.07, 6.45) is -7.45. The zero-order valence-corrected chi connectivity index (χ0v) is 26.8. The third-order valence-corrected chi connectivity index (χ3v) is 8.44. The molecular formula is C33H29F6N3O5S. The number of imidazole rings is 1. The van der Waals surface area contributed by atoms with Crippen molar-refractivity contribution in [2.75, 3.05) is 6.26 Å². The van der Waals surface area contributed by atoms with Gasteiger partial charge in [0.15, 0.2) is 27.2 Å². The summed E-state index contributed by atoms with van der Waals surface area (Å²) in [6.45, 7) is 4.71. The minimum atomic E-state index is -4.91. The van der Waals surface area contributed by atoms with E-state index in [1.165, 1.54) is 41.8 Å². The van der Waals surface area contributed by atoms with Crippen LogP contribution >= 0.6 is 0 Å². The fourth-order valence-electron chi connectivity index (χ4n) is 5.17. The van der Waals surface area contributed by atoms with Crippen LogP contribution in [0.5, 0.6) is 5.75 Å². The number of oxazole rings is 1. The van der Waals surface area contributed by atoms with Gasteiger partial charge in [0, 0.05) is 30.0 Å². The monoisotopic (exact) mass is 693 g/mol. The first-order chi connectivity index (χ1) is 22.3. The van der Waals surface area contributed by atoms with E-state index in [1.54, 1.807) is 18.2 Å². The van der Waals surface area contributed by atoms with Crippen molar-refractivity contribution in [1.82, 2.24) is 14.5 Å². The second-order valence-corrected chi connectivity index (χ2v) is 13.5. The minimum Gasteiger partial charge on any atom is -0.440 e. The van der Waals surface area contributed by atoms with E-state index < -0.39 is 40.4 Å². The number of alkyl halides is 6. The molecule has 0 saturated heterocycles. The maximum atomic E-state index is 13.7. The van der Waals surface area contributed by atoms with Crippen LogP contribution in [0.3, 0.4) is 0 Å². The fraction of sp³-hybridized carbons (Fsp3) is 0.273. The van der Waals surface area contributed by atoms with Crippen LogP contribution in [0.4, 0.5) is 26.3 Å². The predicted molar refractivity (Wildman–Crippen MR) is 164 cm³/mol. The molecule has 0 amide bonds. The Balaban J connectivity index is 1.77. The van der Waals surface area contributed by atoms with Crippen LogP contribution in [0, 0.1) is 12.8 Å². The van der Waals surface area contributed by atoms with Gasteiger partial charge in [-0.05, 0) is 72.0 Å². The lowest BCUT2D eigenvalue weighted by atomic mass is 9.97. The Labute approximate surface area is 271 Å². The largest absolute Gasteiger partial charge is 0.573 e. The van der Waals surface area contributed by atoms with Crippen molar-refractivity contribution in [2.45, 2.75) is 51.2 Å². The van der Waals surface area contributed by atoms with Gasteiger partial charge in [-0.3, -0.25) is 0 Å². The predicted octanol–water partition coefficient (Wildman–Crippen LogP) is 8.18. The van der Waals surface area contributed by atoms with Gasteiger partial charge in [0.25, 0.3) is 0 Å². The molecule has 0 saturated carbocycles. The third-order valence-electron chi connectivity index (χ3n) is 7.26. The molecular weight excluding hydrogens is 664 g/mol. The maximum absolute atomic E-state index is 13.7. The van der Waals surface area contributed by atoms with Crippen LogP contribution < -0.4 is 4.74 Å². The smallest absolute Gasteiger partial charge is 0.440 e. The average Bonchev–Trinajstić information content (AvgIpc) is 3.59. The zero-order valence-electron chi connectivity index (χ0n) is 25.9. The minimum absolute atomic E-state index is 0.00378. The lowest BCUT2D eigenvalue weighted by Gasteiger charge is -2.15. The number of halogens is 6. The summed E-state index contributed by atoms with van der Waals surface area (Å²) in [6, 6.07) is 14.0. The summed E-state index contributed by atoms with van der Waals surface area (Å²) in [5.74, 6) is 0.00136. The molecule has 0 spiro atoms. The highest BCUT2D eigenvalue weighted by Crippen LogP contribution is 2.41. The van der Waals surface area contributed by atoms with Gasteiger partial charge in [-0.2, -0.15) is 13.2 Å². The van der Waals surface area contributed by atoms with Gasteiger partial charge >= 0.3 is 12.5 Å².